The van der Waals surface area contributed by atoms with Crippen LogP contribution in [0, 0.1) is 5.92 Å². The van der Waals surface area contributed by atoms with Crippen LogP contribution in [0.15, 0.2) is 12.4 Å². The number of anilines is 1. The number of hydrogen-bond donors (Lipinski definition) is 1. The van der Waals surface area contributed by atoms with Crippen LogP contribution < -0.4 is 5.32 Å². The van der Waals surface area contributed by atoms with Gasteiger partial charge in [-0.3, -0.25) is 4.79 Å². The monoisotopic (exact) mass is 241 g/mol. The fraction of sp³-hybridized carbons (Fsp3) is 0.500. The molecule has 0 saturated carbocycles. The molecular formula is C10H12ClN3O2. The van der Waals surface area contributed by atoms with Gasteiger partial charge < -0.3 is 10.1 Å². The fourth-order valence-corrected chi connectivity index (χ4v) is 1.65. The van der Waals surface area contributed by atoms with E-state index in [1.807, 2.05) is 0 Å². The van der Waals surface area contributed by atoms with Gasteiger partial charge in [0.1, 0.15) is 5.15 Å². The minimum atomic E-state index is -0.0915. The van der Waals surface area contributed by atoms with Gasteiger partial charge in [0.25, 0.3) is 0 Å². The average molecular weight is 242 g/mol. The Balaban J connectivity index is 1.93. The first-order valence-corrected chi connectivity index (χ1v) is 5.49. The third kappa shape index (κ3) is 2.90. The zero-order chi connectivity index (χ0) is 11.4. The van der Waals surface area contributed by atoms with Gasteiger partial charge >= 0.3 is 0 Å². The topological polar surface area (TPSA) is 64.1 Å². The molecule has 1 N–H and O–H groups in total. The summed E-state index contributed by atoms with van der Waals surface area (Å²) in [6.45, 7) is 1.22. The van der Waals surface area contributed by atoms with E-state index in [0.717, 1.165) is 19.4 Å². The normalized spacial score (nSPS) is 20.4. The maximum Gasteiger partial charge on any atom is 0.231 e. The number of hydrogen-bond acceptors (Lipinski definition) is 4. The van der Waals surface area contributed by atoms with Crippen LogP contribution in [0.2, 0.25) is 5.15 Å². The maximum absolute atomic E-state index is 11.8. The standard InChI is InChI=1S/C10H12ClN3O2/c11-8-4-13-9(5-12-8)14-10(15)7-2-1-3-16-6-7/h4-5,7H,1-3,6H2,(H,13,14,15). The minimum Gasteiger partial charge on any atom is -0.381 e. The summed E-state index contributed by atoms with van der Waals surface area (Å²) in [6, 6.07) is 0. The van der Waals surface area contributed by atoms with Crippen molar-refractivity contribution in [1.82, 2.24) is 9.97 Å². The number of nitrogens with zero attached hydrogens (tertiary/aromatic N) is 2. The lowest BCUT2D eigenvalue weighted by Gasteiger charge is -2.20. The molecule has 86 valence electrons. The third-order valence-electron chi connectivity index (χ3n) is 2.40. The Kier molecular flexibility index (Phi) is 3.69. The zero-order valence-corrected chi connectivity index (χ0v) is 9.41. The lowest BCUT2D eigenvalue weighted by atomic mass is 10.0. The molecule has 1 unspecified atom stereocenters. The Hall–Kier alpha value is -1.20. The van der Waals surface area contributed by atoms with Gasteiger partial charge in [0, 0.05) is 6.61 Å². The molecule has 16 heavy (non-hydrogen) atoms. The first kappa shape index (κ1) is 11.3. The van der Waals surface area contributed by atoms with Gasteiger partial charge in [-0.2, -0.15) is 0 Å². The summed E-state index contributed by atoms with van der Waals surface area (Å²) >= 11 is 5.59. The highest BCUT2D eigenvalue weighted by atomic mass is 35.5. The van der Waals surface area contributed by atoms with E-state index in [4.69, 9.17) is 16.3 Å². The number of nitrogens with one attached hydrogen (secondary N) is 1. The second kappa shape index (κ2) is 5.23. The molecule has 5 nitrogen and oxygen atoms in total. The van der Waals surface area contributed by atoms with Crippen LogP contribution in [-0.4, -0.2) is 29.1 Å². The lowest BCUT2D eigenvalue weighted by Crippen LogP contribution is -2.30. The number of aromatic nitrogens is 2. The highest BCUT2D eigenvalue weighted by Gasteiger charge is 2.21. The van der Waals surface area contributed by atoms with Crippen molar-refractivity contribution in [2.75, 3.05) is 18.5 Å². The molecule has 0 radical (unpaired) electrons. The Bertz CT molecular complexity index is 363. The molecule has 1 saturated heterocycles. The van der Waals surface area contributed by atoms with E-state index in [0.29, 0.717) is 17.6 Å². The van der Waals surface area contributed by atoms with Gasteiger partial charge in [-0.05, 0) is 12.8 Å². The number of carbonyl (C=O) groups is 1. The van der Waals surface area contributed by atoms with E-state index >= 15 is 0 Å². The predicted molar refractivity (Wildman–Crippen MR) is 59.2 cm³/mol. The molecule has 1 aliphatic rings. The molecule has 1 atom stereocenters. The average Bonchev–Trinajstić information content (AvgIpc) is 2.33. The quantitative estimate of drug-likeness (QED) is 0.852. The van der Waals surface area contributed by atoms with E-state index in [1.54, 1.807) is 0 Å². The van der Waals surface area contributed by atoms with Crippen LogP contribution in [0.25, 0.3) is 0 Å². The van der Waals surface area contributed by atoms with Crippen molar-refractivity contribution in [3.05, 3.63) is 17.5 Å². The summed E-state index contributed by atoms with van der Waals surface area (Å²) in [4.78, 5) is 19.5. The van der Waals surface area contributed by atoms with Crippen LogP contribution >= 0.6 is 11.6 Å². The molecule has 0 aliphatic carbocycles. The molecule has 2 heterocycles. The molecule has 1 aromatic rings. The van der Waals surface area contributed by atoms with Crippen LogP contribution in [-0.2, 0) is 9.53 Å². The van der Waals surface area contributed by atoms with Crippen LogP contribution in [0.3, 0.4) is 0 Å². The fourth-order valence-electron chi connectivity index (χ4n) is 1.55. The SMILES string of the molecule is O=C(Nc1cnc(Cl)cn1)C1CCCOC1. The van der Waals surface area contributed by atoms with E-state index in [1.165, 1.54) is 12.4 Å². The Morgan fingerprint density at radius 3 is 3.00 bits per heavy atom. The van der Waals surface area contributed by atoms with Crippen LogP contribution in [0.4, 0.5) is 5.82 Å². The van der Waals surface area contributed by atoms with E-state index in [9.17, 15) is 4.79 Å². The van der Waals surface area contributed by atoms with Crippen molar-refractivity contribution in [3.8, 4) is 0 Å². The van der Waals surface area contributed by atoms with Crippen LogP contribution in [0.5, 0.6) is 0 Å². The van der Waals surface area contributed by atoms with Crippen LogP contribution in [0.1, 0.15) is 12.8 Å². The van der Waals surface area contributed by atoms with Gasteiger partial charge in [0.2, 0.25) is 5.91 Å². The number of ether oxygens (including phenoxy) is 1. The highest BCUT2D eigenvalue weighted by molar-refractivity contribution is 6.29. The van der Waals surface area contributed by atoms with Gasteiger partial charge in [0.05, 0.1) is 24.9 Å². The summed E-state index contributed by atoms with van der Waals surface area (Å²) in [5, 5.41) is 2.99. The summed E-state index contributed by atoms with van der Waals surface area (Å²) < 4.78 is 5.24. The second-order valence-electron chi connectivity index (χ2n) is 3.63. The smallest absolute Gasteiger partial charge is 0.231 e. The van der Waals surface area contributed by atoms with E-state index in [2.05, 4.69) is 15.3 Å². The number of halogens is 1. The third-order valence-corrected chi connectivity index (χ3v) is 2.60. The molecule has 0 aromatic carbocycles. The van der Waals surface area contributed by atoms with Gasteiger partial charge in [-0.1, -0.05) is 11.6 Å². The summed E-state index contributed by atoms with van der Waals surface area (Å²) in [5.41, 5.74) is 0. The molecule has 1 fully saturated rings. The molecule has 1 amide bonds. The predicted octanol–water partition coefficient (Wildman–Crippen LogP) is 1.50. The van der Waals surface area contributed by atoms with Crippen molar-refractivity contribution >= 4 is 23.3 Å². The zero-order valence-electron chi connectivity index (χ0n) is 8.65. The summed E-state index contributed by atoms with van der Waals surface area (Å²) in [5.74, 6) is 0.252. The van der Waals surface area contributed by atoms with Gasteiger partial charge in [0.15, 0.2) is 5.82 Å². The first-order chi connectivity index (χ1) is 7.75. The van der Waals surface area contributed by atoms with E-state index in [-0.39, 0.29) is 11.8 Å². The number of carbonyl (C=O) groups excluding carboxylic acids is 1. The molecule has 0 spiro atoms. The van der Waals surface area contributed by atoms with Crippen molar-refractivity contribution in [2.45, 2.75) is 12.8 Å². The first-order valence-electron chi connectivity index (χ1n) is 5.12. The van der Waals surface area contributed by atoms with Crippen molar-refractivity contribution in [3.63, 3.8) is 0 Å². The van der Waals surface area contributed by atoms with Crippen molar-refractivity contribution in [1.29, 1.82) is 0 Å². The Labute approximate surface area is 98.2 Å². The van der Waals surface area contributed by atoms with Crippen molar-refractivity contribution < 1.29 is 9.53 Å². The molecule has 0 bridgehead atoms. The molecule has 2 rings (SSSR count). The lowest BCUT2D eigenvalue weighted by molar-refractivity contribution is -0.123. The Morgan fingerprint density at radius 2 is 2.38 bits per heavy atom. The maximum atomic E-state index is 11.8. The number of rotatable bonds is 2. The second-order valence-corrected chi connectivity index (χ2v) is 4.01. The number of amides is 1. The van der Waals surface area contributed by atoms with Crippen molar-refractivity contribution in [2.24, 2.45) is 5.92 Å². The summed E-state index contributed by atoms with van der Waals surface area (Å²) in [6.07, 6.45) is 4.61. The van der Waals surface area contributed by atoms with Gasteiger partial charge in [-0.25, -0.2) is 9.97 Å². The highest BCUT2D eigenvalue weighted by Crippen LogP contribution is 2.15. The van der Waals surface area contributed by atoms with E-state index < -0.39 is 0 Å². The molecule has 1 aliphatic heterocycles. The minimum absolute atomic E-state index is 0.0728. The Morgan fingerprint density at radius 1 is 1.50 bits per heavy atom. The largest absolute Gasteiger partial charge is 0.381 e. The van der Waals surface area contributed by atoms with Gasteiger partial charge in [-0.15, -0.1) is 0 Å². The molecular weight excluding hydrogens is 230 g/mol. The summed E-state index contributed by atoms with van der Waals surface area (Å²) in [7, 11) is 0. The molecule has 1 aromatic heterocycles. The molecule has 6 heteroatoms.